The molecule has 1 unspecified atom stereocenters. The van der Waals surface area contributed by atoms with Gasteiger partial charge in [0.1, 0.15) is 18.3 Å². The van der Waals surface area contributed by atoms with E-state index >= 15 is 0 Å². The average Bonchev–Trinajstić information content (AvgIpc) is 2.98. The SMILES string of the molecule is Cc1ccc(C(C)N(C)C(=O)Cn2cnc3c(cnn3C)c2=O)cc1. The highest BCUT2D eigenvalue weighted by Crippen LogP contribution is 2.19. The zero-order chi connectivity index (χ0) is 18.1. The first-order chi connectivity index (χ1) is 11.9. The fraction of sp³-hybridized carbons (Fsp3) is 0.333. The van der Waals surface area contributed by atoms with Gasteiger partial charge in [-0.3, -0.25) is 18.8 Å². The van der Waals surface area contributed by atoms with Crippen LogP contribution in [0.3, 0.4) is 0 Å². The third kappa shape index (κ3) is 3.17. The summed E-state index contributed by atoms with van der Waals surface area (Å²) in [5.41, 5.74) is 2.47. The van der Waals surface area contributed by atoms with E-state index in [0.717, 1.165) is 5.56 Å². The van der Waals surface area contributed by atoms with Gasteiger partial charge < -0.3 is 4.90 Å². The van der Waals surface area contributed by atoms with Crippen LogP contribution in [0.25, 0.3) is 11.0 Å². The maximum Gasteiger partial charge on any atom is 0.264 e. The van der Waals surface area contributed by atoms with Gasteiger partial charge in [0.05, 0.1) is 12.2 Å². The third-order valence-electron chi connectivity index (χ3n) is 4.56. The summed E-state index contributed by atoms with van der Waals surface area (Å²) in [5, 5.41) is 4.44. The van der Waals surface area contributed by atoms with Crippen LogP contribution in [0.1, 0.15) is 24.1 Å². The third-order valence-corrected chi connectivity index (χ3v) is 4.56. The summed E-state index contributed by atoms with van der Waals surface area (Å²) >= 11 is 0. The Balaban J connectivity index is 1.80. The molecule has 25 heavy (non-hydrogen) atoms. The van der Waals surface area contributed by atoms with Gasteiger partial charge in [-0.25, -0.2) is 4.98 Å². The lowest BCUT2D eigenvalue weighted by Crippen LogP contribution is -2.35. The molecule has 0 bridgehead atoms. The fourth-order valence-electron chi connectivity index (χ4n) is 2.72. The van der Waals surface area contributed by atoms with Gasteiger partial charge in [-0.05, 0) is 19.4 Å². The van der Waals surface area contributed by atoms with Crippen LogP contribution in [-0.2, 0) is 18.4 Å². The normalized spacial score (nSPS) is 12.3. The van der Waals surface area contributed by atoms with Crippen LogP contribution in [0.5, 0.6) is 0 Å². The predicted octanol–water partition coefficient (Wildman–Crippen LogP) is 1.66. The summed E-state index contributed by atoms with van der Waals surface area (Å²) in [6.07, 6.45) is 2.87. The monoisotopic (exact) mass is 339 g/mol. The van der Waals surface area contributed by atoms with Crippen molar-refractivity contribution in [2.24, 2.45) is 7.05 Å². The van der Waals surface area contributed by atoms with Crippen LogP contribution in [0.15, 0.2) is 41.6 Å². The molecule has 0 N–H and O–H groups in total. The van der Waals surface area contributed by atoms with Gasteiger partial charge in [0.25, 0.3) is 5.56 Å². The number of amides is 1. The lowest BCUT2D eigenvalue weighted by Gasteiger charge is -2.25. The molecule has 1 amide bonds. The minimum Gasteiger partial charge on any atom is -0.337 e. The first-order valence-corrected chi connectivity index (χ1v) is 8.08. The van der Waals surface area contributed by atoms with E-state index in [0.29, 0.717) is 11.0 Å². The molecule has 1 aromatic carbocycles. The first kappa shape index (κ1) is 16.9. The second-order valence-electron chi connectivity index (χ2n) is 6.27. The molecular weight excluding hydrogens is 318 g/mol. The van der Waals surface area contributed by atoms with E-state index in [1.165, 1.54) is 27.3 Å². The van der Waals surface area contributed by atoms with Crippen LogP contribution < -0.4 is 5.56 Å². The summed E-state index contributed by atoms with van der Waals surface area (Å²) < 4.78 is 2.86. The highest BCUT2D eigenvalue weighted by atomic mass is 16.2. The first-order valence-electron chi connectivity index (χ1n) is 8.08. The summed E-state index contributed by atoms with van der Waals surface area (Å²) in [6.45, 7) is 3.94. The van der Waals surface area contributed by atoms with Crippen LogP contribution in [0, 0.1) is 6.92 Å². The average molecular weight is 339 g/mol. The Bertz CT molecular complexity index is 971. The van der Waals surface area contributed by atoms with E-state index in [4.69, 9.17) is 0 Å². The molecule has 0 saturated heterocycles. The number of carbonyl (C=O) groups excluding carboxylic acids is 1. The maximum absolute atomic E-state index is 12.6. The number of aryl methyl sites for hydroxylation is 2. The largest absolute Gasteiger partial charge is 0.337 e. The molecule has 0 radical (unpaired) electrons. The Hall–Kier alpha value is -2.96. The summed E-state index contributed by atoms with van der Waals surface area (Å²) in [4.78, 5) is 30.9. The van der Waals surface area contributed by atoms with Crippen LogP contribution >= 0.6 is 0 Å². The van der Waals surface area contributed by atoms with E-state index in [1.54, 1.807) is 19.0 Å². The number of aromatic nitrogens is 4. The molecule has 2 aromatic heterocycles. The van der Waals surface area contributed by atoms with Crippen molar-refractivity contribution in [2.75, 3.05) is 7.05 Å². The summed E-state index contributed by atoms with van der Waals surface area (Å²) in [7, 11) is 3.47. The van der Waals surface area contributed by atoms with E-state index in [1.807, 2.05) is 38.1 Å². The van der Waals surface area contributed by atoms with Gasteiger partial charge in [0, 0.05) is 14.1 Å². The number of likely N-dealkylation sites (N-methyl/N-ethyl adjacent to an activating group) is 1. The number of hydrogen-bond donors (Lipinski definition) is 0. The maximum atomic E-state index is 12.6. The highest BCUT2D eigenvalue weighted by molar-refractivity contribution is 5.77. The van der Waals surface area contributed by atoms with Gasteiger partial charge in [-0.2, -0.15) is 5.10 Å². The van der Waals surface area contributed by atoms with Crippen molar-refractivity contribution in [3.8, 4) is 0 Å². The quantitative estimate of drug-likeness (QED) is 0.725. The van der Waals surface area contributed by atoms with Crippen molar-refractivity contribution in [3.05, 3.63) is 58.3 Å². The molecule has 2 heterocycles. The van der Waals surface area contributed by atoms with E-state index in [9.17, 15) is 9.59 Å². The van der Waals surface area contributed by atoms with Gasteiger partial charge in [-0.15, -0.1) is 0 Å². The van der Waals surface area contributed by atoms with E-state index in [2.05, 4.69) is 10.1 Å². The number of fused-ring (bicyclic) bond motifs is 1. The van der Waals surface area contributed by atoms with Crippen molar-refractivity contribution in [1.82, 2.24) is 24.2 Å². The molecule has 0 spiro atoms. The van der Waals surface area contributed by atoms with Crippen LogP contribution in [0.4, 0.5) is 0 Å². The minimum absolute atomic E-state index is 0.0522. The van der Waals surface area contributed by atoms with Crippen molar-refractivity contribution in [3.63, 3.8) is 0 Å². The topological polar surface area (TPSA) is 73.0 Å². The van der Waals surface area contributed by atoms with Crippen molar-refractivity contribution < 1.29 is 4.79 Å². The number of rotatable bonds is 4. The van der Waals surface area contributed by atoms with E-state index in [-0.39, 0.29) is 24.1 Å². The molecule has 3 rings (SSSR count). The van der Waals surface area contributed by atoms with Crippen molar-refractivity contribution in [2.45, 2.75) is 26.4 Å². The molecule has 0 aliphatic heterocycles. The second-order valence-corrected chi connectivity index (χ2v) is 6.27. The molecule has 3 aromatic rings. The van der Waals surface area contributed by atoms with Crippen LogP contribution in [-0.4, -0.2) is 37.2 Å². The molecule has 7 heteroatoms. The Morgan fingerprint density at radius 1 is 1.28 bits per heavy atom. The zero-order valence-corrected chi connectivity index (χ0v) is 14.8. The van der Waals surface area contributed by atoms with Crippen LogP contribution in [0.2, 0.25) is 0 Å². The van der Waals surface area contributed by atoms with E-state index < -0.39 is 0 Å². The molecule has 130 valence electrons. The van der Waals surface area contributed by atoms with Gasteiger partial charge in [-0.1, -0.05) is 29.8 Å². The summed E-state index contributed by atoms with van der Waals surface area (Å²) in [6, 6.07) is 7.99. The Labute approximate surface area is 145 Å². The fourth-order valence-corrected chi connectivity index (χ4v) is 2.72. The Morgan fingerprint density at radius 3 is 2.64 bits per heavy atom. The molecule has 0 aliphatic rings. The predicted molar refractivity (Wildman–Crippen MR) is 95.1 cm³/mol. The van der Waals surface area contributed by atoms with Crippen molar-refractivity contribution >= 4 is 16.9 Å². The number of nitrogens with zero attached hydrogens (tertiary/aromatic N) is 5. The lowest BCUT2D eigenvalue weighted by molar-refractivity contribution is -0.132. The van der Waals surface area contributed by atoms with Crippen molar-refractivity contribution in [1.29, 1.82) is 0 Å². The molecule has 1 atom stereocenters. The smallest absolute Gasteiger partial charge is 0.264 e. The highest BCUT2D eigenvalue weighted by Gasteiger charge is 2.19. The standard InChI is InChI=1S/C18H21N5O2/c1-12-5-7-14(8-6-12)13(2)21(3)16(24)10-23-11-19-17-15(18(23)25)9-20-22(17)4/h5-9,11,13H,10H2,1-4H3. The zero-order valence-electron chi connectivity index (χ0n) is 14.8. The molecule has 7 nitrogen and oxygen atoms in total. The van der Waals surface area contributed by atoms with Gasteiger partial charge >= 0.3 is 0 Å². The molecule has 0 saturated carbocycles. The number of hydrogen-bond acceptors (Lipinski definition) is 4. The Morgan fingerprint density at radius 2 is 1.96 bits per heavy atom. The number of carbonyl (C=O) groups is 1. The van der Waals surface area contributed by atoms with Gasteiger partial charge in [0.2, 0.25) is 5.91 Å². The molecule has 0 aliphatic carbocycles. The Kier molecular flexibility index (Phi) is 4.39. The molecule has 0 fully saturated rings. The second kappa shape index (κ2) is 6.51. The summed E-state index contributed by atoms with van der Waals surface area (Å²) in [5.74, 6) is -0.153. The number of benzene rings is 1. The molecular formula is C18H21N5O2. The minimum atomic E-state index is -0.261. The van der Waals surface area contributed by atoms with Gasteiger partial charge in [0.15, 0.2) is 5.65 Å². The lowest BCUT2D eigenvalue weighted by atomic mass is 10.1.